The van der Waals surface area contributed by atoms with Crippen LogP contribution in [0, 0.1) is 17.5 Å². The van der Waals surface area contributed by atoms with Gasteiger partial charge in [0.05, 0.1) is 5.02 Å². The summed E-state index contributed by atoms with van der Waals surface area (Å²) in [6.07, 6.45) is 0. The van der Waals surface area contributed by atoms with E-state index in [9.17, 15) is 13.2 Å². The van der Waals surface area contributed by atoms with Gasteiger partial charge in [0.15, 0.2) is 17.5 Å². The first-order chi connectivity index (χ1) is 8.97. The van der Waals surface area contributed by atoms with E-state index in [1.807, 2.05) is 0 Å². The molecule has 0 unspecified atom stereocenters. The molecule has 0 aromatic heterocycles. The van der Waals surface area contributed by atoms with Crippen molar-refractivity contribution < 1.29 is 13.2 Å². The molecular formula is C13H8BrClF3N. The lowest BCUT2D eigenvalue weighted by molar-refractivity contribution is 0.445. The first-order valence-corrected chi connectivity index (χ1v) is 6.47. The Labute approximate surface area is 121 Å². The molecule has 0 saturated carbocycles. The van der Waals surface area contributed by atoms with Crippen molar-refractivity contribution in [2.75, 3.05) is 5.32 Å². The number of halogens is 5. The van der Waals surface area contributed by atoms with Gasteiger partial charge < -0.3 is 5.32 Å². The number of rotatable bonds is 3. The molecule has 0 fully saturated rings. The van der Waals surface area contributed by atoms with Crippen LogP contribution in [-0.4, -0.2) is 0 Å². The van der Waals surface area contributed by atoms with Crippen LogP contribution in [-0.2, 0) is 6.54 Å². The zero-order chi connectivity index (χ0) is 14.0. The van der Waals surface area contributed by atoms with Gasteiger partial charge in [-0.15, -0.1) is 0 Å². The minimum atomic E-state index is -1.46. The van der Waals surface area contributed by atoms with Crippen LogP contribution in [0.5, 0.6) is 0 Å². The SMILES string of the molecule is Fc1cc(CNc2ccc(Cl)c(Br)c2)cc(F)c1F. The average Bonchev–Trinajstić information content (AvgIpc) is 2.37. The van der Waals surface area contributed by atoms with E-state index >= 15 is 0 Å². The molecule has 0 saturated heterocycles. The van der Waals surface area contributed by atoms with Crippen molar-refractivity contribution in [3.05, 3.63) is 62.8 Å². The van der Waals surface area contributed by atoms with E-state index in [-0.39, 0.29) is 6.54 Å². The summed E-state index contributed by atoms with van der Waals surface area (Å²) in [6.45, 7) is 0.169. The van der Waals surface area contributed by atoms with Crippen LogP contribution in [0.3, 0.4) is 0 Å². The van der Waals surface area contributed by atoms with E-state index in [0.29, 0.717) is 15.1 Å². The molecule has 0 aliphatic carbocycles. The topological polar surface area (TPSA) is 12.0 Å². The molecule has 2 aromatic carbocycles. The molecule has 0 radical (unpaired) electrons. The maximum Gasteiger partial charge on any atom is 0.194 e. The normalized spacial score (nSPS) is 10.6. The second-order valence-corrected chi connectivity index (χ2v) is 5.12. The van der Waals surface area contributed by atoms with Crippen molar-refractivity contribution in [2.45, 2.75) is 6.54 Å². The van der Waals surface area contributed by atoms with Gasteiger partial charge in [0.25, 0.3) is 0 Å². The maximum absolute atomic E-state index is 13.0. The first-order valence-electron chi connectivity index (χ1n) is 5.29. The van der Waals surface area contributed by atoms with Crippen molar-refractivity contribution in [1.29, 1.82) is 0 Å². The molecule has 1 nitrogen and oxygen atoms in total. The van der Waals surface area contributed by atoms with Crippen molar-refractivity contribution in [3.63, 3.8) is 0 Å². The summed E-state index contributed by atoms with van der Waals surface area (Å²) in [7, 11) is 0. The van der Waals surface area contributed by atoms with Gasteiger partial charge in [-0.3, -0.25) is 0 Å². The van der Waals surface area contributed by atoms with Crippen LogP contribution in [0.2, 0.25) is 5.02 Å². The fourth-order valence-electron chi connectivity index (χ4n) is 1.52. The molecule has 0 heterocycles. The summed E-state index contributed by atoms with van der Waals surface area (Å²) in [6, 6.07) is 7.05. The minimum absolute atomic E-state index is 0.169. The van der Waals surface area contributed by atoms with Crippen LogP contribution in [0.15, 0.2) is 34.8 Å². The number of hydrogen-bond acceptors (Lipinski definition) is 1. The Morgan fingerprint density at radius 1 is 1.05 bits per heavy atom. The maximum atomic E-state index is 13.0. The molecule has 6 heteroatoms. The van der Waals surface area contributed by atoms with Gasteiger partial charge in [-0.05, 0) is 51.8 Å². The lowest BCUT2D eigenvalue weighted by Crippen LogP contribution is -2.02. The highest BCUT2D eigenvalue weighted by atomic mass is 79.9. The van der Waals surface area contributed by atoms with E-state index in [4.69, 9.17) is 11.6 Å². The van der Waals surface area contributed by atoms with E-state index in [0.717, 1.165) is 17.8 Å². The largest absolute Gasteiger partial charge is 0.381 e. The van der Waals surface area contributed by atoms with Gasteiger partial charge >= 0.3 is 0 Å². The number of hydrogen-bond donors (Lipinski definition) is 1. The summed E-state index contributed by atoms with van der Waals surface area (Å²) in [4.78, 5) is 0. The number of benzene rings is 2. The lowest BCUT2D eigenvalue weighted by Gasteiger charge is -2.08. The van der Waals surface area contributed by atoms with Gasteiger partial charge in [-0.2, -0.15) is 0 Å². The van der Waals surface area contributed by atoms with Crippen LogP contribution < -0.4 is 5.32 Å². The summed E-state index contributed by atoms with van der Waals surface area (Å²) < 4.78 is 39.5. The Hall–Kier alpha value is -1.20. The average molecular weight is 351 g/mol. The first kappa shape index (κ1) is 14.2. The number of anilines is 1. The highest BCUT2D eigenvalue weighted by molar-refractivity contribution is 9.10. The summed E-state index contributed by atoms with van der Waals surface area (Å²) >= 11 is 9.10. The third-order valence-electron chi connectivity index (χ3n) is 2.46. The molecule has 2 rings (SSSR count). The van der Waals surface area contributed by atoms with Crippen molar-refractivity contribution in [2.24, 2.45) is 0 Å². The van der Waals surface area contributed by atoms with Gasteiger partial charge in [0, 0.05) is 16.7 Å². The van der Waals surface area contributed by atoms with Gasteiger partial charge in [-0.1, -0.05) is 11.6 Å². The monoisotopic (exact) mass is 349 g/mol. The minimum Gasteiger partial charge on any atom is -0.381 e. The Kier molecular flexibility index (Phi) is 4.37. The molecule has 100 valence electrons. The zero-order valence-electron chi connectivity index (χ0n) is 9.48. The molecule has 0 atom stereocenters. The molecule has 0 aliphatic heterocycles. The quantitative estimate of drug-likeness (QED) is 0.757. The molecule has 0 amide bonds. The summed E-state index contributed by atoms with van der Waals surface area (Å²) in [5.41, 5.74) is 1.03. The molecule has 0 aliphatic rings. The van der Waals surface area contributed by atoms with Crippen molar-refractivity contribution >= 4 is 33.2 Å². The third-order valence-corrected chi connectivity index (χ3v) is 3.67. The fraction of sp³-hybridized carbons (Fsp3) is 0.0769. The third kappa shape index (κ3) is 3.42. The summed E-state index contributed by atoms with van der Waals surface area (Å²) in [5.74, 6) is -3.86. The highest BCUT2D eigenvalue weighted by Gasteiger charge is 2.10. The van der Waals surface area contributed by atoms with Crippen LogP contribution >= 0.6 is 27.5 Å². The second kappa shape index (κ2) is 5.84. The Balaban J connectivity index is 2.12. The van der Waals surface area contributed by atoms with Crippen molar-refractivity contribution in [1.82, 2.24) is 0 Å². The molecular weight excluding hydrogens is 343 g/mol. The molecule has 1 N–H and O–H groups in total. The van der Waals surface area contributed by atoms with E-state index in [1.54, 1.807) is 18.2 Å². The predicted octanol–water partition coefficient (Wildman–Crippen LogP) is 5.13. The predicted molar refractivity (Wildman–Crippen MR) is 72.8 cm³/mol. The standard InChI is InChI=1S/C13H8BrClF3N/c14-9-5-8(1-2-10(9)15)19-6-7-3-11(16)13(18)12(17)4-7/h1-5,19H,6H2. The Bertz CT molecular complexity index is 596. The van der Waals surface area contributed by atoms with Gasteiger partial charge in [-0.25, -0.2) is 13.2 Å². The Morgan fingerprint density at radius 2 is 1.68 bits per heavy atom. The molecule has 2 aromatic rings. The smallest absolute Gasteiger partial charge is 0.194 e. The van der Waals surface area contributed by atoms with Crippen LogP contribution in [0.1, 0.15) is 5.56 Å². The van der Waals surface area contributed by atoms with Crippen LogP contribution in [0.4, 0.5) is 18.9 Å². The van der Waals surface area contributed by atoms with Gasteiger partial charge in [0.2, 0.25) is 0 Å². The van der Waals surface area contributed by atoms with Crippen molar-refractivity contribution in [3.8, 4) is 0 Å². The molecule has 19 heavy (non-hydrogen) atoms. The van der Waals surface area contributed by atoms with E-state index in [1.165, 1.54) is 0 Å². The lowest BCUT2D eigenvalue weighted by atomic mass is 10.2. The Morgan fingerprint density at radius 3 is 2.26 bits per heavy atom. The summed E-state index contributed by atoms with van der Waals surface area (Å²) in [5, 5.41) is 3.52. The highest BCUT2D eigenvalue weighted by Crippen LogP contribution is 2.26. The molecule has 0 spiro atoms. The fourth-order valence-corrected chi connectivity index (χ4v) is 2.02. The van der Waals surface area contributed by atoms with Gasteiger partial charge in [0.1, 0.15) is 0 Å². The number of nitrogens with one attached hydrogen (secondary N) is 1. The zero-order valence-corrected chi connectivity index (χ0v) is 11.8. The van der Waals surface area contributed by atoms with E-state index < -0.39 is 17.5 Å². The molecule has 0 bridgehead atoms. The second-order valence-electron chi connectivity index (χ2n) is 3.86. The van der Waals surface area contributed by atoms with E-state index in [2.05, 4.69) is 21.2 Å². The van der Waals surface area contributed by atoms with Crippen LogP contribution in [0.25, 0.3) is 0 Å².